The fourth-order valence-electron chi connectivity index (χ4n) is 3.16. The van der Waals surface area contributed by atoms with Gasteiger partial charge in [0, 0.05) is 30.2 Å². The topological polar surface area (TPSA) is 60.5 Å². The lowest BCUT2D eigenvalue weighted by molar-refractivity contribution is 0.0854. The van der Waals surface area contributed by atoms with Gasteiger partial charge >= 0.3 is 0 Å². The molecule has 3 aromatic rings. The highest BCUT2D eigenvalue weighted by molar-refractivity contribution is 7.13. The van der Waals surface area contributed by atoms with Gasteiger partial charge in [-0.3, -0.25) is 4.79 Å². The van der Waals surface area contributed by atoms with E-state index < -0.39 is 17.5 Å². The van der Waals surface area contributed by atoms with Crippen LogP contribution in [0.15, 0.2) is 41.8 Å². The van der Waals surface area contributed by atoms with Crippen molar-refractivity contribution in [1.29, 1.82) is 0 Å². The average molecular weight is 448 g/mol. The molecule has 1 aliphatic rings. The summed E-state index contributed by atoms with van der Waals surface area (Å²) in [6.45, 7) is 1.09. The van der Waals surface area contributed by atoms with Gasteiger partial charge in [0.2, 0.25) is 0 Å². The molecule has 1 atom stereocenters. The molecule has 0 bridgehead atoms. The highest BCUT2D eigenvalue weighted by Crippen LogP contribution is 2.29. The number of hydrogen-bond donors (Lipinski definition) is 1. The van der Waals surface area contributed by atoms with Gasteiger partial charge in [-0.25, -0.2) is 18.2 Å². The van der Waals surface area contributed by atoms with Crippen molar-refractivity contribution >= 4 is 17.2 Å². The Hall–Kier alpha value is -2.91. The summed E-state index contributed by atoms with van der Waals surface area (Å²) in [5.74, 6) is -2.57. The van der Waals surface area contributed by atoms with Crippen LogP contribution in [0.1, 0.15) is 28.9 Å². The van der Waals surface area contributed by atoms with E-state index in [1.165, 1.54) is 18.2 Å². The lowest BCUT2D eigenvalue weighted by atomic mass is 10.2. The van der Waals surface area contributed by atoms with E-state index in [1.54, 1.807) is 11.4 Å². The van der Waals surface area contributed by atoms with E-state index in [0.29, 0.717) is 23.7 Å². The van der Waals surface area contributed by atoms with Crippen LogP contribution in [0.3, 0.4) is 0 Å². The second-order valence-electron chi connectivity index (χ2n) is 7.06. The van der Waals surface area contributed by atoms with Crippen LogP contribution in [-0.2, 0) is 11.3 Å². The zero-order valence-corrected chi connectivity index (χ0v) is 17.2. The van der Waals surface area contributed by atoms with E-state index in [-0.39, 0.29) is 35.6 Å². The number of nitrogens with one attached hydrogen (secondary N) is 1. The zero-order valence-electron chi connectivity index (χ0n) is 16.4. The van der Waals surface area contributed by atoms with E-state index in [4.69, 9.17) is 9.47 Å². The molecular formula is C22H19F3N2O3S. The first-order valence-corrected chi connectivity index (χ1v) is 10.6. The quantitative estimate of drug-likeness (QED) is 0.569. The Bertz CT molecular complexity index is 1080. The molecular weight excluding hydrogens is 429 g/mol. The number of halogens is 3. The maximum absolute atomic E-state index is 14.6. The summed E-state index contributed by atoms with van der Waals surface area (Å²) in [7, 11) is 0. The maximum Gasteiger partial charge on any atom is 0.270 e. The Morgan fingerprint density at radius 3 is 2.77 bits per heavy atom. The monoisotopic (exact) mass is 448 g/mol. The number of aromatic nitrogens is 1. The first-order chi connectivity index (χ1) is 15.0. The summed E-state index contributed by atoms with van der Waals surface area (Å²) in [4.78, 5) is 16.5. The Balaban J connectivity index is 1.38. The summed E-state index contributed by atoms with van der Waals surface area (Å²) in [6, 6.07) is 7.67. The number of nitrogens with zero attached hydrogens (tertiary/aromatic N) is 1. The SMILES string of the molecule is O=C(NC[C@H]1CCCO1)c1csc(-c2ccc(OCc3ccc(F)c(F)c3)cc2F)n1. The van der Waals surface area contributed by atoms with E-state index in [2.05, 4.69) is 10.3 Å². The molecule has 1 fully saturated rings. The highest BCUT2D eigenvalue weighted by atomic mass is 32.1. The van der Waals surface area contributed by atoms with Crippen LogP contribution in [0.5, 0.6) is 5.75 Å². The molecule has 1 N–H and O–H groups in total. The molecule has 0 radical (unpaired) electrons. The molecule has 1 saturated heterocycles. The first kappa shape index (κ1) is 21.3. The van der Waals surface area contributed by atoms with Gasteiger partial charge in [-0.15, -0.1) is 11.3 Å². The molecule has 0 saturated carbocycles. The minimum atomic E-state index is -0.970. The third kappa shape index (κ3) is 5.23. The Morgan fingerprint density at radius 2 is 2.03 bits per heavy atom. The Kier molecular flexibility index (Phi) is 6.53. The fourth-order valence-corrected chi connectivity index (χ4v) is 3.99. The summed E-state index contributed by atoms with van der Waals surface area (Å²) in [5, 5.41) is 4.73. The van der Waals surface area contributed by atoms with E-state index in [1.807, 2.05) is 0 Å². The highest BCUT2D eigenvalue weighted by Gasteiger charge is 2.19. The van der Waals surface area contributed by atoms with Crippen molar-refractivity contribution in [1.82, 2.24) is 10.3 Å². The third-order valence-electron chi connectivity index (χ3n) is 4.81. The van der Waals surface area contributed by atoms with Crippen LogP contribution >= 0.6 is 11.3 Å². The van der Waals surface area contributed by atoms with Gasteiger partial charge in [0.1, 0.15) is 28.9 Å². The molecule has 9 heteroatoms. The van der Waals surface area contributed by atoms with Crippen molar-refractivity contribution in [2.45, 2.75) is 25.6 Å². The number of hydrogen-bond acceptors (Lipinski definition) is 5. The number of thiazole rings is 1. The van der Waals surface area contributed by atoms with Gasteiger partial charge in [-0.2, -0.15) is 0 Å². The lowest BCUT2D eigenvalue weighted by Gasteiger charge is -2.09. The van der Waals surface area contributed by atoms with E-state index >= 15 is 0 Å². The molecule has 0 aliphatic carbocycles. The van der Waals surface area contributed by atoms with Crippen molar-refractivity contribution in [3.63, 3.8) is 0 Å². The molecule has 1 amide bonds. The summed E-state index contributed by atoms with van der Waals surface area (Å²) >= 11 is 1.16. The smallest absolute Gasteiger partial charge is 0.270 e. The largest absolute Gasteiger partial charge is 0.489 e. The van der Waals surface area contributed by atoms with Crippen molar-refractivity contribution in [2.24, 2.45) is 0 Å². The third-order valence-corrected chi connectivity index (χ3v) is 5.69. The predicted octanol–water partition coefficient (Wildman–Crippen LogP) is 4.72. The van der Waals surface area contributed by atoms with Gasteiger partial charge in [0.05, 0.1) is 6.10 Å². The van der Waals surface area contributed by atoms with E-state index in [0.717, 1.165) is 36.3 Å². The number of benzene rings is 2. The number of carbonyl (C=O) groups excluding carboxylic acids is 1. The van der Waals surface area contributed by atoms with Crippen LogP contribution in [-0.4, -0.2) is 30.1 Å². The Morgan fingerprint density at radius 1 is 1.16 bits per heavy atom. The zero-order chi connectivity index (χ0) is 21.8. The van der Waals surface area contributed by atoms with Gasteiger partial charge in [-0.05, 0) is 42.7 Å². The standard InChI is InChI=1S/C22H19F3N2O3S/c23-17-6-3-13(8-19(17)25)11-30-14-4-5-16(18(24)9-14)22-27-20(12-31-22)21(28)26-10-15-2-1-7-29-15/h3-6,8-9,12,15H,1-2,7,10-11H2,(H,26,28)/t15-/m1/s1. The molecule has 2 heterocycles. The molecule has 0 unspecified atom stereocenters. The van der Waals surface area contributed by atoms with Gasteiger partial charge in [0.25, 0.3) is 5.91 Å². The normalized spacial score (nSPS) is 15.8. The van der Waals surface area contributed by atoms with Gasteiger partial charge < -0.3 is 14.8 Å². The van der Waals surface area contributed by atoms with Gasteiger partial charge in [-0.1, -0.05) is 6.07 Å². The summed E-state index contributed by atoms with van der Waals surface area (Å²) in [6.07, 6.45) is 1.93. The second-order valence-corrected chi connectivity index (χ2v) is 7.92. The lowest BCUT2D eigenvalue weighted by Crippen LogP contribution is -2.31. The fraction of sp³-hybridized carbons (Fsp3) is 0.273. The van der Waals surface area contributed by atoms with Crippen LogP contribution in [0.25, 0.3) is 10.6 Å². The second kappa shape index (κ2) is 9.49. The molecule has 0 spiro atoms. The number of amides is 1. The molecule has 4 rings (SSSR count). The summed E-state index contributed by atoms with van der Waals surface area (Å²) in [5.41, 5.74) is 0.876. The van der Waals surface area contributed by atoms with Gasteiger partial charge in [0.15, 0.2) is 11.6 Å². The molecule has 162 valence electrons. The van der Waals surface area contributed by atoms with Crippen LogP contribution in [0.2, 0.25) is 0 Å². The minimum absolute atomic E-state index is 0.0263. The molecule has 5 nitrogen and oxygen atoms in total. The van der Waals surface area contributed by atoms with Crippen LogP contribution in [0, 0.1) is 17.5 Å². The first-order valence-electron chi connectivity index (χ1n) is 9.71. The van der Waals surface area contributed by atoms with Crippen molar-refractivity contribution in [3.8, 4) is 16.3 Å². The minimum Gasteiger partial charge on any atom is -0.489 e. The molecule has 2 aromatic carbocycles. The van der Waals surface area contributed by atoms with Crippen LogP contribution < -0.4 is 10.1 Å². The van der Waals surface area contributed by atoms with E-state index in [9.17, 15) is 18.0 Å². The summed E-state index contributed by atoms with van der Waals surface area (Å²) < 4.78 is 51.8. The number of carbonyl (C=O) groups is 1. The number of rotatable bonds is 7. The maximum atomic E-state index is 14.6. The molecule has 31 heavy (non-hydrogen) atoms. The van der Waals surface area contributed by atoms with Crippen molar-refractivity contribution < 1.29 is 27.4 Å². The molecule has 1 aromatic heterocycles. The number of ether oxygens (including phenoxy) is 2. The van der Waals surface area contributed by atoms with Crippen molar-refractivity contribution in [2.75, 3.05) is 13.2 Å². The predicted molar refractivity (Wildman–Crippen MR) is 110 cm³/mol. The molecule has 1 aliphatic heterocycles. The van der Waals surface area contributed by atoms with Crippen molar-refractivity contribution in [3.05, 3.63) is 70.5 Å². The van der Waals surface area contributed by atoms with Crippen LogP contribution in [0.4, 0.5) is 13.2 Å². The average Bonchev–Trinajstić information content (AvgIpc) is 3.45. The Labute approximate surface area is 180 Å².